The number of aliphatic hydroxyl groups excluding tert-OH is 3. The first kappa shape index (κ1) is 21.6. The van der Waals surface area contributed by atoms with Crippen LogP contribution in [0.25, 0.3) is 11.0 Å². The second kappa shape index (κ2) is 8.31. The van der Waals surface area contributed by atoms with Crippen molar-refractivity contribution in [2.45, 2.75) is 35.6 Å². The summed E-state index contributed by atoms with van der Waals surface area (Å²) in [6.45, 7) is -0.761. The minimum Gasteiger partial charge on any atom is -0.394 e. The maximum Gasteiger partial charge on any atom is 0.471 e. The van der Waals surface area contributed by atoms with E-state index in [9.17, 15) is 33.3 Å². The van der Waals surface area contributed by atoms with Crippen LogP contribution in [0, 0.1) is 0 Å². The van der Waals surface area contributed by atoms with Crippen molar-refractivity contribution < 1.29 is 38.0 Å². The minimum atomic E-state index is -4.96. The highest BCUT2D eigenvalue weighted by Gasteiger charge is 2.44. The first-order chi connectivity index (χ1) is 13.6. The molecule has 1 fully saturated rings. The number of carbonyl (C=O) groups is 1. The molecule has 0 aliphatic carbocycles. The number of hydrogen-bond donors (Lipinski definition) is 5. The number of nitrogens with one attached hydrogen (secondary N) is 1. The molecule has 1 saturated heterocycles. The van der Waals surface area contributed by atoms with Crippen LogP contribution >= 0.6 is 11.8 Å². The Labute approximate surface area is 165 Å². The number of carbonyl (C=O) groups excluding carboxylic acids is 1. The lowest BCUT2D eigenvalue weighted by atomic mass is 10.1. The fourth-order valence-corrected chi connectivity index (χ4v) is 3.86. The zero-order valence-corrected chi connectivity index (χ0v) is 15.5. The normalized spacial score (nSPS) is 24.9. The average Bonchev–Trinajstić information content (AvgIpc) is 3.17. The Morgan fingerprint density at radius 2 is 2.07 bits per heavy atom. The van der Waals surface area contributed by atoms with Crippen molar-refractivity contribution in [3.05, 3.63) is 12.5 Å². The van der Waals surface area contributed by atoms with Gasteiger partial charge in [0.2, 0.25) is 0 Å². The van der Waals surface area contributed by atoms with Crippen LogP contribution < -0.4 is 11.1 Å². The molecule has 4 atom stereocenters. The molecule has 29 heavy (non-hydrogen) atoms. The predicted octanol–water partition coefficient (Wildman–Crippen LogP) is -0.604. The third-order valence-electron chi connectivity index (χ3n) is 4.30. The summed E-state index contributed by atoms with van der Waals surface area (Å²) in [6, 6.07) is 0. The molecule has 160 valence electrons. The van der Waals surface area contributed by atoms with Crippen molar-refractivity contribution in [2.75, 3.05) is 24.6 Å². The Hall–Kier alpha value is -2.13. The van der Waals surface area contributed by atoms with Gasteiger partial charge in [0, 0.05) is 23.4 Å². The SMILES string of the molecule is Nc1ncnc2c1c(SCCNC(=O)C(F)(F)F)cn2[C@@H]1O[C@H](CO)[C@@H](O)[C@H]1O. The summed E-state index contributed by atoms with van der Waals surface area (Å²) in [5.74, 6) is -1.84. The Morgan fingerprint density at radius 3 is 2.69 bits per heavy atom. The molecule has 0 spiro atoms. The van der Waals surface area contributed by atoms with E-state index in [-0.39, 0.29) is 23.8 Å². The molecular formula is C15H18F3N5O5S. The van der Waals surface area contributed by atoms with Crippen LogP contribution in [0.1, 0.15) is 6.23 Å². The van der Waals surface area contributed by atoms with E-state index in [0.717, 1.165) is 11.8 Å². The monoisotopic (exact) mass is 437 g/mol. The second-order valence-corrected chi connectivity index (χ2v) is 7.33. The number of nitrogens with zero attached hydrogens (tertiary/aromatic N) is 3. The largest absolute Gasteiger partial charge is 0.471 e. The summed E-state index contributed by atoms with van der Waals surface area (Å²) < 4.78 is 43.6. The Morgan fingerprint density at radius 1 is 1.34 bits per heavy atom. The fourth-order valence-electron chi connectivity index (χ4n) is 2.91. The number of nitrogens with two attached hydrogens (primary N) is 1. The van der Waals surface area contributed by atoms with Gasteiger partial charge in [-0.1, -0.05) is 0 Å². The van der Waals surface area contributed by atoms with Crippen LogP contribution in [0.5, 0.6) is 0 Å². The summed E-state index contributed by atoms with van der Waals surface area (Å²) in [5, 5.41) is 31.6. The fraction of sp³-hybridized carbons (Fsp3) is 0.533. The number of nitrogen functional groups attached to an aromatic ring is 1. The molecule has 1 amide bonds. The molecule has 0 saturated carbocycles. The highest BCUT2D eigenvalue weighted by Crippen LogP contribution is 2.37. The first-order valence-corrected chi connectivity index (χ1v) is 9.35. The molecule has 10 nitrogen and oxygen atoms in total. The molecule has 1 aliphatic heterocycles. The van der Waals surface area contributed by atoms with Crippen molar-refractivity contribution in [3.8, 4) is 0 Å². The molecule has 0 unspecified atom stereocenters. The topological polar surface area (TPSA) is 156 Å². The third-order valence-corrected chi connectivity index (χ3v) is 5.33. The van der Waals surface area contributed by atoms with Crippen molar-refractivity contribution in [1.82, 2.24) is 19.9 Å². The molecule has 2 aromatic heterocycles. The van der Waals surface area contributed by atoms with Gasteiger partial charge in [0.05, 0.1) is 12.0 Å². The predicted molar refractivity (Wildman–Crippen MR) is 94.7 cm³/mol. The number of alkyl halides is 3. The van der Waals surface area contributed by atoms with E-state index in [1.54, 1.807) is 5.32 Å². The van der Waals surface area contributed by atoms with Crippen molar-refractivity contribution in [1.29, 1.82) is 0 Å². The van der Waals surface area contributed by atoms with Crippen LogP contribution in [0.2, 0.25) is 0 Å². The number of halogens is 3. The van der Waals surface area contributed by atoms with Gasteiger partial charge >= 0.3 is 12.1 Å². The quantitative estimate of drug-likeness (QED) is 0.294. The smallest absolute Gasteiger partial charge is 0.394 e. The van der Waals surface area contributed by atoms with Gasteiger partial charge < -0.3 is 35.7 Å². The number of aliphatic hydroxyl groups is 3. The van der Waals surface area contributed by atoms with Crippen LogP contribution in [0.3, 0.4) is 0 Å². The van der Waals surface area contributed by atoms with Gasteiger partial charge in [-0.05, 0) is 0 Å². The molecule has 14 heteroatoms. The van der Waals surface area contributed by atoms with Gasteiger partial charge in [-0.2, -0.15) is 13.2 Å². The van der Waals surface area contributed by atoms with E-state index < -0.39 is 43.2 Å². The lowest BCUT2D eigenvalue weighted by Crippen LogP contribution is -2.37. The number of fused-ring (bicyclic) bond motifs is 1. The van der Waals surface area contributed by atoms with Crippen LogP contribution in [-0.4, -0.2) is 79.2 Å². The first-order valence-electron chi connectivity index (χ1n) is 8.36. The standard InChI is InChI=1S/C15H18F3N5O5S/c16-15(17,18)14(27)20-1-2-29-7-3-23(12-8(7)11(19)21-5-22-12)13-10(26)9(25)6(4-24)28-13/h3,5-6,9-10,13,24-26H,1-2,4H2,(H,20,27)(H2,19,21,22)/t6-,9-,10-,13-/m1/s1. The number of amides is 1. The average molecular weight is 437 g/mol. The van der Waals surface area contributed by atoms with Gasteiger partial charge in [0.1, 0.15) is 36.1 Å². The van der Waals surface area contributed by atoms with E-state index in [1.807, 2.05) is 0 Å². The minimum absolute atomic E-state index is 0.0885. The molecule has 2 aromatic rings. The van der Waals surface area contributed by atoms with Crippen molar-refractivity contribution in [2.24, 2.45) is 0 Å². The van der Waals surface area contributed by atoms with Gasteiger partial charge in [-0.15, -0.1) is 11.8 Å². The lowest BCUT2D eigenvalue weighted by Gasteiger charge is -2.17. The van der Waals surface area contributed by atoms with E-state index in [1.165, 1.54) is 17.1 Å². The highest BCUT2D eigenvalue weighted by atomic mass is 32.2. The summed E-state index contributed by atoms with van der Waals surface area (Å²) in [5.41, 5.74) is 6.18. The zero-order valence-electron chi connectivity index (χ0n) is 14.7. The number of rotatable bonds is 6. The molecular weight excluding hydrogens is 419 g/mol. The summed E-state index contributed by atoms with van der Waals surface area (Å²) in [4.78, 5) is 19.4. The number of hydrogen-bond acceptors (Lipinski definition) is 9. The molecule has 0 bridgehead atoms. The van der Waals surface area contributed by atoms with Crippen LogP contribution in [-0.2, 0) is 9.53 Å². The van der Waals surface area contributed by atoms with E-state index in [0.29, 0.717) is 10.3 Å². The number of aromatic nitrogens is 3. The molecule has 6 N–H and O–H groups in total. The maximum absolute atomic E-state index is 12.2. The summed E-state index contributed by atoms with van der Waals surface area (Å²) >= 11 is 1.09. The Kier molecular flexibility index (Phi) is 6.19. The number of ether oxygens (including phenoxy) is 1. The molecule has 1 aliphatic rings. The van der Waals surface area contributed by atoms with E-state index in [2.05, 4.69) is 9.97 Å². The van der Waals surface area contributed by atoms with Crippen LogP contribution in [0.4, 0.5) is 19.0 Å². The Balaban J connectivity index is 1.81. The van der Waals surface area contributed by atoms with E-state index >= 15 is 0 Å². The van der Waals surface area contributed by atoms with Crippen molar-refractivity contribution in [3.63, 3.8) is 0 Å². The molecule has 3 rings (SSSR count). The van der Waals surface area contributed by atoms with Crippen molar-refractivity contribution >= 4 is 34.5 Å². The summed E-state index contributed by atoms with van der Waals surface area (Å²) in [6.07, 6.45) is -7.02. The number of anilines is 1. The van der Waals surface area contributed by atoms with Crippen LogP contribution in [0.15, 0.2) is 17.4 Å². The maximum atomic E-state index is 12.2. The third kappa shape index (κ3) is 4.25. The molecule has 3 heterocycles. The summed E-state index contributed by atoms with van der Waals surface area (Å²) in [7, 11) is 0. The molecule has 0 radical (unpaired) electrons. The van der Waals surface area contributed by atoms with Gasteiger partial charge in [0.25, 0.3) is 0 Å². The van der Waals surface area contributed by atoms with Gasteiger partial charge in [-0.25, -0.2) is 9.97 Å². The zero-order chi connectivity index (χ0) is 21.3. The lowest BCUT2D eigenvalue weighted by molar-refractivity contribution is -0.173. The highest BCUT2D eigenvalue weighted by molar-refractivity contribution is 7.99. The van der Waals surface area contributed by atoms with E-state index in [4.69, 9.17) is 10.5 Å². The molecule has 0 aromatic carbocycles. The number of thioether (sulfide) groups is 1. The van der Waals surface area contributed by atoms with Gasteiger partial charge in [-0.3, -0.25) is 4.79 Å². The Bertz CT molecular complexity index is 895. The van der Waals surface area contributed by atoms with Gasteiger partial charge in [0.15, 0.2) is 6.23 Å². The second-order valence-electron chi connectivity index (χ2n) is 6.19.